The minimum atomic E-state index is -2.76. The van der Waals surface area contributed by atoms with Crippen molar-refractivity contribution in [1.29, 1.82) is 0 Å². The number of hydrogen-bond donors (Lipinski definition) is 1. The summed E-state index contributed by atoms with van der Waals surface area (Å²) in [7, 11) is 0. The van der Waals surface area contributed by atoms with Gasteiger partial charge in [-0.2, -0.15) is 0 Å². The van der Waals surface area contributed by atoms with Crippen LogP contribution >= 0.6 is 0 Å². The number of hydrogen-bond acceptors (Lipinski definition) is 3. The zero-order valence-electron chi connectivity index (χ0n) is 9.98. The zero-order chi connectivity index (χ0) is 12.4. The minimum absolute atomic E-state index is 0.173. The highest BCUT2D eigenvalue weighted by atomic mass is 19.3. The zero-order valence-corrected chi connectivity index (χ0v) is 9.98. The third-order valence-electron chi connectivity index (χ3n) is 2.46. The Balaban J connectivity index is 2.49. The molecule has 1 atom stereocenters. The van der Waals surface area contributed by atoms with Gasteiger partial charge in [-0.25, -0.2) is 8.78 Å². The number of esters is 1. The first-order chi connectivity index (χ1) is 7.21. The number of halogens is 2. The number of carbonyl (C=O) groups excluding carboxylic acids is 1. The Morgan fingerprint density at radius 3 is 2.62 bits per heavy atom. The molecule has 1 N–H and O–H groups in total. The van der Waals surface area contributed by atoms with Crippen molar-refractivity contribution >= 4 is 5.97 Å². The molecular weight excluding hydrogens is 216 g/mol. The molecule has 94 valence electrons. The highest BCUT2D eigenvalue weighted by molar-refractivity contribution is 5.70. The van der Waals surface area contributed by atoms with Crippen LogP contribution in [0.2, 0.25) is 0 Å². The Kier molecular flexibility index (Phi) is 3.88. The number of piperidine rings is 1. The highest BCUT2D eigenvalue weighted by Crippen LogP contribution is 2.33. The summed E-state index contributed by atoms with van der Waals surface area (Å²) in [5.74, 6) is -4.26. The molecular formula is C11H19F2NO2. The molecule has 0 aromatic rings. The molecule has 0 radical (unpaired) electrons. The molecule has 1 fully saturated rings. The van der Waals surface area contributed by atoms with Crippen molar-refractivity contribution in [2.45, 2.75) is 45.1 Å². The highest BCUT2D eigenvalue weighted by Gasteiger charge is 2.42. The predicted molar refractivity (Wildman–Crippen MR) is 56.4 cm³/mol. The van der Waals surface area contributed by atoms with Gasteiger partial charge in [-0.15, -0.1) is 0 Å². The molecule has 5 heteroatoms. The maximum absolute atomic E-state index is 13.4. The lowest BCUT2D eigenvalue weighted by molar-refractivity contribution is -0.161. The summed E-state index contributed by atoms with van der Waals surface area (Å²) < 4.78 is 31.9. The van der Waals surface area contributed by atoms with E-state index in [1.165, 1.54) is 0 Å². The molecule has 1 heterocycles. The average molecular weight is 235 g/mol. The lowest BCUT2D eigenvalue weighted by atomic mass is 9.92. The molecule has 0 aromatic carbocycles. The van der Waals surface area contributed by atoms with Crippen LogP contribution in [0.3, 0.4) is 0 Å². The van der Waals surface area contributed by atoms with E-state index in [2.05, 4.69) is 5.32 Å². The number of alkyl halides is 2. The van der Waals surface area contributed by atoms with Gasteiger partial charge in [0.1, 0.15) is 5.60 Å². The summed E-state index contributed by atoms with van der Waals surface area (Å²) in [6.45, 7) is 5.65. The predicted octanol–water partition coefficient (Wildman–Crippen LogP) is 1.96. The second kappa shape index (κ2) is 4.65. The summed E-state index contributed by atoms with van der Waals surface area (Å²) in [6, 6.07) is 0. The first kappa shape index (κ1) is 13.4. The third kappa shape index (κ3) is 4.04. The van der Waals surface area contributed by atoms with E-state index in [1.807, 2.05) is 0 Å². The van der Waals surface area contributed by atoms with E-state index in [4.69, 9.17) is 4.74 Å². The van der Waals surface area contributed by atoms with Crippen molar-refractivity contribution in [2.75, 3.05) is 13.1 Å². The molecule has 0 amide bonds. The van der Waals surface area contributed by atoms with Crippen molar-refractivity contribution < 1.29 is 18.3 Å². The standard InChI is InChI=1S/C11H19F2NO2/c1-10(2,3)16-9(15)6-8-7-14-5-4-11(8,12)13/h8,14H,4-7H2,1-3H3/t8-/m1/s1. The molecule has 16 heavy (non-hydrogen) atoms. The number of carbonyl (C=O) groups is 1. The Hall–Kier alpha value is -0.710. The molecule has 1 aliphatic rings. The molecule has 0 spiro atoms. The van der Waals surface area contributed by atoms with Crippen LogP contribution < -0.4 is 5.32 Å². The van der Waals surface area contributed by atoms with Crippen LogP contribution in [0.15, 0.2) is 0 Å². The molecule has 1 rings (SSSR count). The summed E-state index contributed by atoms with van der Waals surface area (Å²) in [5.41, 5.74) is -0.617. The molecule has 0 bridgehead atoms. The smallest absolute Gasteiger partial charge is 0.306 e. The van der Waals surface area contributed by atoms with Crippen molar-refractivity contribution in [3.8, 4) is 0 Å². The van der Waals surface area contributed by atoms with Gasteiger partial charge >= 0.3 is 5.97 Å². The Morgan fingerprint density at radius 2 is 2.12 bits per heavy atom. The molecule has 0 unspecified atom stereocenters. The fourth-order valence-corrected chi connectivity index (χ4v) is 1.69. The summed E-state index contributed by atoms with van der Waals surface area (Å²) >= 11 is 0. The van der Waals surface area contributed by atoms with Gasteiger partial charge in [-0.05, 0) is 20.8 Å². The van der Waals surface area contributed by atoms with E-state index in [9.17, 15) is 13.6 Å². The maximum atomic E-state index is 13.4. The number of ether oxygens (including phenoxy) is 1. The van der Waals surface area contributed by atoms with E-state index in [0.29, 0.717) is 6.54 Å². The van der Waals surface area contributed by atoms with Crippen LogP contribution in [0.1, 0.15) is 33.6 Å². The van der Waals surface area contributed by atoms with Gasteiger partial charge in [0.25, 0.3) is 5.92 Å². The van der Waals surface area contributed by atoms with E-state index >= 15 is 0 Å². The fraction of sp³-hybridized carbons (Fsp3) is 0.909. The van der Waals surface area contributed by atoms with Crippen LogP contribution in [0.25, 0.3) is 0 Å². The normalized spacial score (nSPS) is 25.2. The van der Waals surface area contributed by atoms with Crippen LogP contribution in [-0.4, -0.2) is 30.6 Å². The van der Waals surface area contributed by atoms with Crippen LogP contribution in [-0.2, 0) is 9.53 Å². The monoisotopic (exact) mass is 235 g/mol. The van der Waals surface area contributed by atoms with Crippen molar-refractivity contribution in [3.63, 3.8) is 0 Å². The van der Waals surface area contributed by atoms with Crippen LogP contribution in [0.4, 0.5) is 8.78 Å². The number of rotatable bonds is 2. The van der Waals surface area contributed by atoms with Crippen molar-refractivity contribution in [2.24, 2.45) is 5.92 Å². The quantitative estimate of drug-likeness (QED) is 0.744. The van der Waals surface area contributed by atoms with Gasteiger partial charge in [0, 0.05) is 25.4 Å². The minimum Gasteiger partial charge on any atom is -0.460 e. The summed E-state index contributed by atoms with van der Waals surface area (Å²) in [6.07, 6.45) is -0.433. The van der Waals surface area contributed by atoms with Gasteiger partial charge < -0.3 is 10.1 Å². The second-order valence-electron chi connectivity index (χ2n) is 5.20. The Morgan fingerprint density at radius 1 is 1.50 bits per heavy atom. The third-order valence-corrected chi connectivity index (χ3v) is 2.46. The largest absolute Gasteiger partial charge is 0.460 e. The Bertz CT molecular complexity index is 261. The van der Waals surface area contributed by atoms with Crippen LogP contribution in [0, 0.1) is 5.92 Å². The van der Waals surface area contributed by atoms with Crippen molar-refractivity contribution in [3.05, 3.63) is 0 Å². The van der Waals surface area contributed by atoms with Gasteiger partial charge in [0.15, 0.2) is 0 Å². The molecule has 1 aliphatic heterocycles. The van der Waals surface area contributed by atoms with E-state index < -0.39 is 23.4 Å². The molecule has 0 aliphatic carbocycles. The van der Waals surface area contributed by atoms with Gasteiger partial charge in [0.05, 0.1) is 6.42 Å². The second-order valence-corrected chi connectivity index (χ2v) is 5.20. The van der Waals surface area contributed by atoms with E-state index in [-0.39, 0.29) is 19.4 Å². The van der Waals surface area contributed by atoms with E-state index in [0.717, 1.165) is 0 Å². The molecule has 1 saturated heterocycles. The first-order valence-corrected chi connectivity index (χ1v) is 5.51. The summed E-state index contributed by atoms with van der Waals surface area (Å²) in [4.78, 5) is 11.4. The maximum Gasteiger partial charge on any atom is 0.306 e. The molecule has 3 nitrogen and oxygen atoms in total. The topological polar surface area (TPSA) is 38.3 Å². The van der Waals surface area contributed by atoms with E-state index in [1.54, 1.807) is 20.8 Å². The lowest BCUT2D eigenvalue weighted by Crippen LogP contribution is -2.46. The average Bonchev–Trinajstić information content (AvgIpc) is 2.05. The lowest BCUT2D eigenvalue weighted by Gasteiger charge is -2.32. The summed E-state index contributed by atoms with van der Waals surface area (Å²) in [5, 5.41) is 2.87. The van der Waals surface area contributed by atoms with Gasteiger partial charge in [0.2, 0.25) is 0 Å². The first-order valence-electron chi connectivity index (χ1n) is 5.51. The molecule has 0 aromatic heterocycles. The fourth-order valence-electron chi connectivity index (χ4n) is 1.69. The Labute approximate surface area is 94.5 Å². The SMILES string of the molecule is CC(C)(C)OC(=O)C[C@@H]1CNCCC1(F)F. The molecule has 0 saturated carbocycles. The van der Waals surface area contributed by atoms with Gasteiger partial charge in [-0.1, -0.05) is 0 Å². The van der Waals surface area contributed by atoms with Crippen LogP contribution in [0.5, 0.6) is 0 Å². The number of nitrogens with one attached hydrogen (secondary N) is 1. The van der Waals surface area contributed by atoms with Crippen molar-refractivity contribution in [1.82, 2.24) is 5.32 Å². The van der Waals surface area contributed by atoms with Gasteiger partial charge in [-0.3, -0.25) is 4.79 Å².